The third-order valence-electron chi connectivity index (χ3n) is 3.21. The van der Waals surface area contributed by atoms with E-state index in [0.717, 1.165) is 39.2 Å². The molecule has 3 nitrogen and oxygen atoms in total. The molecule has 3 aromatic rings. The highest BCUT2D eigenvalue weighted by atomic mass is 79.9. The highest BCUT2D eigenvalue weighted by molar-refractivity contribution is 9.11. The monoisotopic (exact) mass is 420 g/mol. The molecule has 0 unspecified atom stereocenters. The molecule has 0 spiro atoms. The van der Waals surface area contributed by atoms with Gasteiger partial charge in [0.25, 0.3) is 0 Å². The van der Waals surface area contributed by atoms with E-state index in [9.17, 15) is 0 Å². The zero-order valence-corrected chi connectivity index (χ0v) is 15.2. The number of furan rings is 1. The van der Waals surface area contributed by atoms with Gasteiger partial charge < -0.3 is 9.40 Å². The van der Waals surface area contributed by atoms with Crippen LogP contribution in [0.2, 0.25) is 0 Å². The fourth-order valence-corrected chi connectivity index (χ4v) is 3.42. The molecule has 0 radical (unpaired) electrons. The molecule has 0 aliphatic rings. The molecule has 1 N–H and O–H groups in total. The van der Waals surface area contributed by atoms with E-state index < -0.39 is 0 Å². The van der Waals surface area contributed by atoms with Crippen LogP contribution in [0.1, 0.15) is 31.9 Å². The summed E-state index contributed by atoms with van der Waals surface area (Å²) >= 11 is 7.00. The average Bonchev–Trinajstić information content (AvgIpc) is 3.10. The van der Waals surface area contributed by atoms with Crippen LogP contribution < -0.4 is 0 Å². The number of rotatable bonds is 3. The summed E-state index contributed by atoms with van der Waals surface area (Å²) in [6.07, 6.45) is 3.17. The Labute approximate surface area is 145 Å². The van der Waals surface area contributed by atoms with E-state index >= 15 is 0 Å². The van der Waals surface area contributed by atoms with E-state index in [1.807, 2.05) is 24.3 Å². The second-order valence-electron chi connectivity index (χ2n) is 4.94. The zero-order valence-electron chi connectivity index (χ0n) is 12.0. The Morgan fingerprint density at radius 3 is 2.95 bits per heavy atom. The number of hydrogen-bond acceptors (Lipinski definition) is 2. The molecular weight excluding hydrogens is 408 g/mol. The summed E-state index contributed by atoms with van der Waals surface area (Å²) in [4.78, 5) is 7.85. The van der Waals surface area contributed by atoms with Gasteiger partial charge in [-0.05, 0) is 52.5 Å². The first kappa shape index (κ1) is 15.4. The van der Waals surface area contributed by atoms with Crippen LogP contribution in [-0.4, -0.2) is 9.97 Å². The van der Waals surface area contributed by atoms with Crippen LogP contribution in [0.25, 0.3) is 22.6 Å². The van der Waals surface area contributed by atoms with Crippen molar-refractivity contribution in [3.8, 4) is 23.4 Å². The molecule has 3 rings (SSSR count). The summed E-state index contributed by atoms with van der Waals surface area (Å²) in [5.41, 5.74) is 1.83. The van der Waals surface area contributed by atoms with Crippen molar-refractivity contribution < 1.29 is 4.42 Å². The molecule has 1 aromatic carbocycles. The third-order valence-corrected chi connectivity index (χ3v) is 4.27. The molecule has 0 bridgehead atoms. The van der Waals surface area contributed by atoms with Gasteiger partial charge in [-0.3, -0.25) is 0 Å². The van der Waals surface area contributed by atoms with Crippen molar-refractivity contribution in [2.24, 2.45) is 0 Å². The number of hydrogen-bond donors (Lipinski definition) is 1. The third kappa shape index (κ3) is 3.29. The SMILES string of the molecule is CCCCC#Cc1ccc(-c2nc3c(Br)cc(Br)cc3[nH]2)o1. The lowest BCUT2D eigenvalue weighted by Crippen LogP contribution is -1.75. The van der Waals surface area contributed by atoms with Gasteiger partial charge in [0, 0.05) is 15.4 Å². The summed E-state index contributed by atoms with van der Waals surface area (Å²) in [6, 6.07) is 7.74. The fraction of sp³-hybridized carbons (Fsp3) is 0.235. The van der Waals surface area contributed by atoms with E-state index in [2.05, 4.69) is 60.6 Å². The van der Waals surface area contributed by atoms with Crippen LogP contribution in [0.4, 0.5) is 0 Å². The normalized spacial score (nSPS) is 10.7. The Balaban J connectivity index is 1.89. The Bertz CT molecular complexity index is 868. The molecule has 0 aliphatic heterocycles. The van der Waals surface area contributed by atoms with Gasteiger partial charge in [-0.15, -0.1) is 0 Å². The van der Waals surface area contributed by atoms with Crippen molar-refractivity contribution in [1.29, 1.82) is 0 Å². The number of halogens is 2. The summed E-state index contributed by atoms with van der Waals surface area (Å²) in [6.45, 7) is 2.16. The smallest absolute Gasteiger partial charge is 0.177 e. The second kappa shape index (κ2) is 6.72. The minimum atomic E-state index is 0.673. The van der Waals surface area contributed by atoms with Gasteiger partial charge in [-0.25, -0.2) is 4.98 Å². The first-order valence-corrected chi connectivity index (χ1v) is 8.70. The Morgan fingerprint density at radius 2 is 2.14 bits per heavy atom. The highest BCUT2D eigenvalue weighted by Crippen LogP contribution is 2.30. The number of benzene rings is 1. The van der Waals surface area contributed by atoms with Crippen molar-refractivity contribution >= 4 is 42.9 Å². The minimum absolute atomic E-state index is 0.673. The van der Waals surface area contributed by atoms with Crippen molar-refractivity contribution in [1.82, 2.24) is 9.97 Å². The van der Waals surface area contributed by atoms with Crippen molar-refractivity contribution in [3.05, 3.63) is 39.0 Å². The lowest BCUT2D eigenvalue weighted by Gasteiger charge is -1.93. The topological polar surface area (TPSA) is 41.8 Å². The van der Waals surface area contributed by atoms with Crippen LogP contribution >= 0.6 is 31.9 Å². The number of aromatic amines is 1. The second-order valence-corrected chi connectivity index (χ2v) is 6.71. The number of imidazole rings is 1. The minimum Gasteiger partial charge on any atom is -0.445 e. The van der Waals surface area contributed by atoms with Crippen LogP contribution in [0.15, 0.2) is 37.6 Å². The van der Waals surface area contributed by atoms with Crippen LogP contribution in [0.5, 0.6) is 0 Å². The first-order chi connectivity index (χ1) is 10.7. The van der Waals surface area contributed by atoms with Crippen molar-refractivity contribution in [3.63, 3.8) is 0 Å². The largest absolute Gasteiger partial charge is 0.445 e. The Morgan fingerprint density at radius 1 is 1.27 bits per heavy atom. The molecule has 112 valence electrons. The maximum absolute atomic E-state index is 5.76. The van der Waals surface area contributed by atoms with E-state index in [-0.39, 0.29) is 0 Å². The number of nitrogens with zero attached hydrogens (tertiary/aromatic N) is 1. The molecule has 22 heavy (non-hydrogen) atoms. The summed E-state index contributed by atoms with van der Waals surface area (Å²) in [7, 11) is 0. The molecule has 0 atom stereocenters. The molecule has 2 heterocycles. The lowest BCUT2D eigenvalue weighted by molar-refractivity contribution is 0.565. The number of fused-ring (bicyclic) bond motifs is 1. The quantitative estimate of drug-likeness (QED) is 0.423. The number of H-pyrrole nitrogens is 1. The molecule has 0 saturated heterocycles. The zero-order chi connectivity index (χ0) is 15.5. The highest BCUT2D eigenvalue weighted by Gasteiger charge is 2.11. The average molecular weight is 422 g/mol. The number of nitrogens with one attached hydrogen (secondary N) is 1. The molecule has 0 amide bonds. The number of aromatic nitrogens is 2. The van der Waals surface area contributed by atoms with E-state index in [4.69, 9.17) is 4.42 Å². The van der Waals surface area contributed by atoms with E-state index in [0.29, 0.717) is 17.3 Å². The van der Waals surface area contributed by atoms with Gasteiger partial charge in [-0.2, -0.15) is 0 Å². The predicted molar refractivity (Wildman–Crippen MR) is 95.6 cm³/mol. The molecule has 0 saturated carbocycles. The maximum Gasteiger partial charge on any atom is 0.177 e. The standard InChI is InChI=1S/C17H14Br2N2O/c1-2-3-4-5-6-12-7-8-15(22-12)17-20-14-10-11(18)9-13(19)16(14)21-17/h7-10H,2-4H2,1H3,(H,20,21). The van der Waals surface area contributed by atoms with Crippen molar-refractivity contribution in [2.75, 3.05) is 0 Å². The summed E-state index contributed by atoms with van der Waals surface area (Å²) < 4.78 is 7.68. The van der Waals surface area contributed by atoms with Gasteiger partial charge in [0.1, 0.15) is 5.52 Å². The lowest BCUT2D eigenvalue weighted by atomic mass is 10.2. The van der Waals surface area contributed by atoms with Crippen LogP contribution in [0, 0.1) is 11.8 Å². The van der Waals surface area contributed by atoms with E-state index in [1.54, 1.807) is 0 Å². The van der Waals surface area contributed by atoms with Gasteiger partial charge in [0.15, 0.2) is 17.3 Å². The summed E-state index contributed by atoms with van der Waals surface area (Å²) in [5, 5.41) is 0. The first-order valence-electron chi connectivity index (χ1n) is 7.11. The molecule has 0 fully saturated rings. The molecule has 5 heteroatoms. The Hall–Kier alpha value is -1.51. The van der Waals surface area contributed by atoms with Crippen LogP contribution in [-0.2, 0) is 0 Å². The van der Waals surface area contributed by atoms with Crippen molar-refractivity contribution in [2.45, 2.75) is 26.2 Å². The van der Waals surface area contributed by atoms with E-state index in [1.165, 1.54) is 0 Å². The van der Waals surface area contributed by atoms with Crippen LogP contribution in [0.3, 0.4) is 0 Å². The van der Waals surface area contributed by atoms with Gasteiger partial charge >= 0.3 is 0 Å². The van der Waals surface area contributed by atoms with Gasteiger partial charge in [0.2, 0.25) is 0 Å². The summed E-state index contributed by atoms with van der Waals surface area (Å²) in [5.74, 6) is 8.24. The maximum atomic E-state index is 5.76. The number of unbranched alkanes of at least 4 members (excludes halogenated alkanes) is 2. The van der Waals surface area contributed by atoms with Gasteiger partial charge in [-0.1, -0.05) is 35.2 Å². The molecule has 0 aliphatic carbocycles. The molecule has 2 aromatic heterocycles. The fourth-order valence-electron chi connectivity index (χ4n) is 2.11. The van der Waals surface area contributed by atoms with Gasteiger partial charge in [0.05, 0.1) is 5.52 Å². The Kier molecular flexibility index (Phi) is 4.70. The predicted octanol–water partition coefficient (Wildman–Crippen LogP) is 5.89. The molecular formula is C17H14Br2N2O.